The second-order valence-electron chi connectivity index (χ2n) is 7.13. The zero-order valence-electron chi connectivity index (χ0n) is 15.5. The topological polar surface area (TPSA) is 91.3 Å². The van der Waals surface area contributed by atoms with Crippen molar-refractivity contribution in [1.29, 1.82) is 0 Å². The van der Waals surface area contributed by atoms with Crippen molar-refractivity contribution in [2.45, 2.75) is 57.0 Å². The number of nitrogens with one attached hydrogen (secondary N) is 2. The molecule has 3 rings (SSSR count). The number of para-hydroxylation sites is 1. The highest BCUT2D eigenvalue weighted by Crippen LogP contribution is 2.18. The molecule has 1 saturated carbocycles. The molecule has 1 fully saturated rings. The van der Waals surface area contributed by atoms with Gasteiger partial charge in [0.05, 0.1) is 17.7 Å². The Morgan fingerprint density at radius 1 is 1.07 bits per heavy atom. The van der Waals surface area contributed by atoms with E-state index in [2.05, 4.69) is 15.6 Å². The number of hydrogen-bond acceptors (Lipinski definition) is 4. The van der Waals surface area contributed by atoms with Gasteiger partial charge in [0.2, 0.25) is 5.91 Å². The molecule has 144 valence electrons. The molecule has 2 aromatic rings. The summed E-state index contributed by atoms with van der Waals surface area (Å²) in [7, 11) is 0. The molecule has 3 N–H and O–H groups in total. The molecule has 27 heavy (non-hydrogen) atoms. The summed E-state index contributed by atoms with van der Waals surface area (Å²) in [6.07, 6.45) is 9.33. The smallest absolute Gasteiger partial charge is 0.252 e. The number of fused-ring (bicyclic) bond motifs is 1. The number of nitrogens with zero attached hydrogens (tertiary/aromatic N) is 1. The van der Waals surface area contributed by atoms with Gasteiger partial charge in [-0.05, 0) is 25.0 Å². The lowest BCUT2D eigenvalue weighted by Crippen LogP contribution is -2.51. The molecule has 1 aliphatic rings. The molecule has 1 aromatic carbocycles. The lowest BCUT2D eigenvalue weighted by atomic mass is 9.96. The number of benzene rings is 1. The van der Waals surface area contributed by atoms with Gasteiger partial charge in [-0.3, -0.25) is 14.6 Å². The molecule has 0 radical (unpaired) electrons. The van der Waals surface area contributed by atoms with E-state index in [-0.39, 0.29) is 17.9 Å². The van der Waals surface area contributed by atoms with Crippen LogP contribution in [0.25, 0.3) is 10.9 Å². The predicted molar refractivity (Wildman–Crippen MR) is 104 cm³/mol. The number of rotatable bonds is 5. The third kappa shape index (κ3) is 5.04. The number of hydrogen-bond donors (Lipinski definition) is 3. The van der Waals surface area contributed by atoms with Crippen molar-refractivity contribution in [3.8, 4) is 0 Å². The molecule has 1 atom stereocenters. The Balaban J connectivity index is 1.66. The standard InChI is InChI=1S/C21H27N3O3/c25-14-19(21(27)23-15-8-4-2-1-3-5-9-15)24-20(26)17-12-13-22-18-11-7-6-10-16(17)18/h6-7,10-13,15,19,25H,1-5,8-9,14H2,(H,23,27)(H,24,26)/t19-/m0/s1. The van der Waals surface area contributed by atoms with Crippen LogP contribution in [0.5, 0.6) is 0 Å². The lowest BCUT2D eigenvalue weighted by molar-refractivity contribution is -0.124. The van der Waals surface area contributed by atoms with E-state index in [1.165, 1.54) is 19.3 Å². The minimum atomic E-state index is -0.963. The Labute approximate surface area is 159 Å². The first-order chi connectivity index (χ1) is 13.2. The number of amides is 2. The van der Waals surface area contributed by atoms with Crippen LogP contribution >= 0.6 is 0 Å². The highest BCUT2D eigenvalue weighted by Gasteiger charge is 2.24. The van der Waals surface area contributed by atoms with E-state index < -0.39 is 12.6 Å². The van der Waals surface area contributed by atoms with Crippen molar-refractivity contribution in [3.05, 3.63) is 42.1 Å². The normalized spacial score (nSPS) is 16.9. The van der Waals surface area contributed by atoms with Gasteiger partial charge < -0.3 is 15.7 Å². The zero-order valence-corrected chi connectivity index (χ0v) is 15.5. The highest BCUT2D eigenvalue weighted by atomic mass is 16.3. The fourth-order valence-corrected chi connectivity index (χ4v) is 3.63. The number of carbonyl (C=O) groups is 2. The Hall–Kier alpha value is -2.47. The molecule has 0 bridgehead atoms. The monoisotopic (exact) mass is 369 g/mol. The molecule has 0 spiro atoms. The van der Waals surface area contributed by atoms with Crippen LogP contribution in [0.2, 0.25) is 0 Å². The van der Waals surface area contributed by atoms with Crippen LogP contribution in [0.3, 0.4) is 0 Å². The lowest BCUT2D eigenvalue weighted by Gasteiger charge is -2.24. The molecule has 0 saturated heterocycles. The van der Waals surface area contributed by atoms with Crippen LogP contribution < -0.4 is 10.6 Å². The molecule has 1 aliphatic carbocycles. The molecule has 2 amide bonds. The van der Waals surface area contributed by atoms with E-state index >= 15 is 0 Å². The first-order valence-electron chi connectivity index (χ1n) is 9.75. The van der Waals surface area contributed by atoms with Crippen molar-refractivity contribution in [2.75, 3.05) is 6.61 Å². The van der Waals surface area contributed by atoms with Gasteiger partial charge in [-0.2, -0.15) is 0 Å². The van der Waals surface area contributed by atoms with Crippen molar-refractivity contribution in [2.24, 2.45) is 0 Å². The predicted octanol–water partition coefficient (Wildman–Crippen LogP) is 2.55. The summed E-state index contributed by atoms with van der Waals surface area (Å²) in [6.45, 7) is -0.437. The number of aromatic nitrogens is 1. The van der Waals surface area contributed by atoms with Crippen LogP contribution in [-0.2, 0) is 4.79 Å². The minimum absolute atomic E-state index is 0.116. The Morgan fingerprint density at radius 2 is 1.78 bits per heavy atom. The second-order valence-corrected chi connectivity index (χ2v) is 7.13. The average Bonchev–Trinajstić information content (AvgIpc) is 2.67. The van der Waals surface area contributed by atoms with Crippen LogP contribution in [0.15, 0.2) is 36.5 Å². The summed E-state index contributed by atoms with van der Waals surface area (Å²) in [5.41, 5.74) is 1.16. The molecule has 1 aromatic heterocycles. The van der Waals surface area contributed by atoms with E-state index in [9.17, 15) is 14.7 Å². The zero-order chi connectivity index (χ0) is 19.1. The molecule has 6 nitrogen and oxygen atoms in total. The van der Waals surface area contributed by atoms with Crippen LogP contribution in [0, 0.1) is 0 Å². The summed E-state index contributed by atoms with van der Waals surface area (Å²) in [4.78, 5) is 29.5. The summed E-state index contributed by atoms with van der Waals surface area (Å²) in [5.74, 6) is -0.713. The van der Waals surface area contributed by atoms with Gasteiger partial charge in [0.1, 0.15) is 6.04 Å². The van der Waals surface area contributed by atoms with Crippen molar-refractivity contribution in [1.82, 2.24) is 15.6 Å². The quantitative estimate of drug-likeness (QED) is 0.755. The van der Waals surface area contributed by atoms with Gasteiger partial charge >= 0.3 is 0 Å². The van der Waals surface area contributed by atoms with E-state index in [4.69, 9.17) is 0 Å². The summed E-state index contributed by atoms with van der Waals surface area (Å²) in [5, 5.41) is 16.0. The van der Waals surface area contributed by atoms with E-state index in [0.29, 0.717) is 11.1 Å². The van der Waals surface area contributed by atoms with Gasteiger partial charge in [0.15, 0.2) is 0 Å². The molecular weight excluding hydrogens is 342 g/mol. The van der Waals surface area contributed by atoms with Gasteiger partial charge in [-0.25, -0.2) is 0 Å². The van der Waals surface area contributed by atoms with Crippen molar-refractivity contribution < 1.29 is 14.7 Å². The number of aliphatic hydroxyl groups is 1. The van der Waals surface area contributed by atoms with Crippen molar-refractivity contribution >= 4 is 22.7 Å². The van der Waals surface area contributed by atoms with Gasteiger partial charge in [-0.15, -0.1) is 0 Å². The molecular formula is C21H27N3O3. The Bertz CT molecular complexity index is 780. The second kappa shape index (κ2) is 9.46. The average molecular weight is 369 g/mol. The van der Waals surface area contributed by atoms with Crippen LogP contribution in [-0.4, -0.2) is 40.6 Å². The van der Waals surface area contributed by atoms with E-state index in [1.807, 2.05) is 24.3 Å². The van der Waals surface area contributed by atoms with Crippen LogP contribution in [0.1, 0.15) is 55.3 Å². The number of pyridine rings is 1. The number of aliphatic hydroxyl groups excluding tert-OH is 1. The summed E-state index contributed by atoms with van der Waals surface area (Å²) in [6, 6.07) is 8.12. The van der Waals surface area contributed by atoms with Crippen molar-refractivity contribution in [3.63, 3.8) is 0 Å². The fourth-order valence-electron chi connectivity index (χ4n) is 3.63. The highest BCUT2D eigenvalue weighted by molar-refractivity contribution is 6.07. The SMILES string of the molecule is O=C(N[C@@H](CO)C(=O)NC1CCCCCCC1)c1ccnc2ccccc12. The third-order valence-corrected chi connectivity index (χ3v) is 5.15. The summed E-state index contributed by atoms with van der Waals surface area (Å²) < 4.78 is 0. The Morgan fingerprint density at radius 3 is 2.52 bits per heavy atom. The minimum Gasteiger partial charge on any atom is -0.394 e. The van der Waals surface area contributed by atoms with Gasteiger partial charge in [0, 0.05) is 17.6 Å². The molecule has 0 aliphatic heterocycles. The molecule has 0 unspecified atom stereocenters. The van der Waals surface area contributed by atoms with E-state index in [1.54, 1.807) is 12.3 Å². The van der Waals surface area contributed by atoms with Gasteiger partial charge in [-0.1, -0.05) is 50.3 Å². The van der Waals surface area contributed by atoms with E-state index in [0.717, 1.165) is 31.1 Å². The Kier molecular flexibility index (Phi) is 6.76. The maximum Gasteiger partial charge on any atom is 0.252 e. The molecule has 1 heterocycles. The first kappa shape index (κ1) is 19.3. The molecule has 6 heteroatoms. The fraction of sp³-hybridized carbons (Fsp3) is 0.476. The maximum absolute atomic E-state index is 12.7. The summed E-state index contributed by atoms with van der Waals surface area (Å²) >= 11 is 0. The van der Waals surface area contributed by atoms with Gasteiger partial charge in [0.25, 0.3) is 5.91 Å². The van der Waals surface area contributed by atoms with Crippen LogP contribution in [0.4, 0.5) is 0 Å². The largest absolute Gasteiger partial charge is 0.394 e. The first-order valence-corrected chi connectivity index (χ1v) is 9.75. The maximum atomic E-state index is 12.7. The number of carbonyl (C=O) groups excluding carboxylic acids is 2. The third-order valence-electron chi connectivity index (χ3n) is 5.15.